The molecule has 0 aliphatic rings. The summed E-state index contributed by atoms with van der Waals surface area (Å²) in [4.78, 5) is 11.8. The molecule has 0 spiro atoms. The number of nitrogens with zero attached hydrogens (tertiary/aromatic N) is 2. The zero-order chi connectivity index (χ0) is 17.2. The lowest BCUT2D eigenvalue weighted by Crippen LogP contribution is -2.19. The molecule has 6 nitrogen and oxygen atoms in total. The van der Waals surface area contributed by atoms with Crippen molar-refractivity contribution in [2.45, 2.75) is 11.4 Å². The summed E-state index contributed by atoms with van der Waals surface area (Å²) in [6, 6.07) is 9.96. The van der Waals surface area contributed by atoms with E-state index in [1.807, 2.05) is 0 Å². The van der Waals surface area contributed by atoms with Crippen LogP contribution < -0.4 is 4.90 Å². The van der Waals surface area contributed by atoms with Gasteiger partial charge in [-0.15, -0.1) is 0 Å². The number of para-hydroxylation sites is 1. The van der Waals surface area contributed by atoms with Crippen molar-refractivity contribution in [3.8, 4) is 0 Å². The van der Waals surface area contributed by atoms with Gasteiger partial charge in [0.2, 0.25) is 0 Å². The Kier molecular flexibility index (Phi) is 4.65. The Labute approximate surface area is 133 Å². The number of benzene rings is 2. The fourth-order valence-electron chi connectivity index (χ4n) is 2.30. The molecular weight excluding hydrogens is 323 g/mol. The predicted octanol–water partition coefficient (Wildman–Crippen LogP) is 2.77. The maximum atomic E-state index is 13.2. The average molecular weight is 338 g/mol. The first-order chi connectivity index (χ1) is 10.7. The largest absolute Gasteiger partial charge is 0.365 e. The van der Waals surface area contributed by atoms with Gasteiger partial charge in [0.1, 0.15) is 16.4 Å². The van der Waals surface area contributed by atoms with Crippen molar-refractivity contribution in [1.82, 2.24) is 0 Å². The first-order valence-electron chi connectivity index (χ1n) is 6.63. The van der Waals surface area contributed by atoms with E-state index in [4.69, 9.17) is 0 Å². The number of anilines is 1. The van der Waals surface area contributed by atoms with Crippen molar-refractivity contribution in [2.75, 3.05) is 18.2 Å². The van der Waals surface area contributed by atoms with Crippen LogP contribution in [0.2, 0.25) is 0 Å². The fourth-order valence-corrected chi connectivity index (χ4v) is 3.15. The zero-order valence-corrected chi connectivity index (χ0v) is 13.4. The van der Waals surface area contributed by atoms with Gasteiger partial charge in [0.25, 0.3) is 0 Å². The molecule has 2 aromatic carbocycles. The van der Waals surface area contributed by atoms with Crippen LogP contribution in [0.1, 0.15) is 5.56 Å². The van der Waals surface area contributed by atoms with Crippen LogP contribution in [0.4, 0.5) is 15.8 Å². The highest BCUT2D eigenvalue weighted by molar-refractivity contribution is 7.90. The van der Waals surface area contributed by atoms with E-state index in [0.29, 0.717) is 5.56 Å². The molecule has 2 aromatic rings. The summed E-state index contributed by atoms with van der Waals surface area (Å²) in [7, 11) is -2.16. The molecule has 0 saturated heterocycles. The number of nitro benzene ring substituents is 1. The molecule has 0 aromatic heterocycles. The first kappa shape index (κ1) is 16.9. The van der Waals surface area contributed by atoms with Gasteiger partial charge in [-0.1, -0.05) is 18.2 Å². The SMILES string of the molecule is CN(Cc1cccc(F)c1)c1cccc(S(C)(=O)=O)c1[N+](=O)[O-]. The smallest absolute Gasteiger partial charge is 0.311 e. The minimum atomic E-state index is -3.74. The van der Waals surface area contributed by atoms with Gasteiger partial charge < -0.3 is 4.90 Å². The van der Waals surface area contributed by atoms with Gasteiger partial charge in [-0.3, -0.25) is 10.1 Å². The van der Waals surface area contributed by atoms with Gasteiger partial charge in [-0.25, -0.2) is 12.8 Å². The van der Waals surface area contributed by atoms with Crippen molar-refractivity contribution in [1.29, 1.82) is 0 Å². The summed E-state index contributed by atoms with van der Waals surface area (Å²) in [5, 5.41) is 11.4. The molecule has 0 fully saturated rings. The number of hydrogen-bond acceptors (Lipinski definition) is 5. The monoisotopic (exact) mass is 338 g/mol. The second-order valence-electron chi connectivity index (χ2n) is 5.14. The van der Waals surface area contributed by atoms with E-state index in [-0.39, 0.29) is 17.1 Å². The highest BCUT2D eigenvalue weighted by Crippen LogP contribution is 2.34. The van der Waals surface area contributed by atoms with Crippen LogP contribution in [0.5, 0.6) is 0 Å². The Balaban J connectivity index is 2.48. The van der Waals surface area contributed by atoms with Crippen molar-refractivity contribution >= 4 is 21.2 Å². The molecule has 0 aliphatic carbocycles. The van der Waals surface area contributed by atoms with Crippen LogP contribution in [0.3, 0.4) is 0 Å². The molecule has 0 heterocycles. The Morgan fingerprint density at radius 3 is 2.43 bits per heavy atom. The lowest BCUT2D eigenvalue weighted by atomic mass is 10.2. The third-order valence-corrected chi connectivity index (χ3v) is 4.41. The van der Waals surface area contributed by atoms with E-state index in [1.165, 1.54) is 35.2 Å². The van der Waals surface area contributed by atoms with Crippen LogP contribution in [0.25, 0.3) is 0 Å². The summed E-state index contributed by atoms with van der Waals surface area (Å²) in [6.45, 7) is 0.200. The summed E-state index contributed by atoms with van der Waals surface area (Å²) in [5.74, 6) is -0.407. The lowest BCUT2D eigenvalue weighted by molar-refractivity contribution is -0.387. The molecule has 0 aliphatic heterocycles. The van der Waals surface area contributed by atoms with Crippen molar-refractivity contribution in [3.63, 3.8) is 0 Å². The van der Waals surface area contributed by atoms with E-state index in [1.54, 1.807) is 19.2 Å². The number of halogens is 1. The van der Waals surface area contributed by atoms with Gasteiger partial charge in [-0.2, -0.15) is 0 Å². The topological polar surface area (TPSA) is 80.5 Å². The second kappa shape index (κ2) is 6.33. The maximum absolute atomic E-state index is 13.2. The van der Waals surface area contributed by atoms with Crippen LogP contribution in [0, 0.1) is 15.9 Å². The first-order valence-corrected chi connectivity index (χ1v) is 8.52. The minimum Gasteiger partial charge on any atom is -0.365 e. The molecule has 23 heavy (non-hydrogen) atoms. The molecule has 8 heteroatoms. The molecule has 0 saturated carbocycles. The Hall–Kier alpha value is -2.48. The molecule has 0 unspecified atom stereocenters. The quantitative estimate of drug-likeness (QED) is 0.618. The van der Waals surface area contributed by atoms with E-state index >= 15 is 0 Å². The zero-order valence-electron chi connectivity index (χ0n) is 12.6. The Bertz CT molecular complexity index is 852. The summed E-state index contributed by atoms with van der Waals surface area (Å²) in [6.07, 6.45) is 0.922. The molecular formula is C15H15FN2O4S. The summed E-state index contributed by atoms with van der Waals surface area (Å²) >= 11 is 0. The summed E-state index contributed by atoms with van der Waals surface area (Å²) in [5.41, 5.74) is 0.294. The van der Waals surface area contributed by atoms with Crippen LogP contribution in [0.15, 0.2) is 47.4 Å². The van der Waals surface area contributed by atoms with Gasteiger partial charge in [0, 0.05) is 19.8 Å². The standard InChI is InChI=1S/C15H15FN2O4S/c1-17(10-11-5-3-6-12(16)9-11)13-7-4-8-14(23(2,21)22)15(13)18(19)20/h3-9H,10H2,1-2H3. The lowest BCUT2D eigenvalue weighted by Gasteiger charge is -2.20. The molecule has 2 rings (SSSR count). The van der Waals surface area contributed by atoms with Gasteiger partial charge in [0.05, 0.1) is 4.92 Å². The van der Waals surface area contributed by atoms with Crippen molar-refractivity contribution in [2.24, 2.45) is 0 Å². The van der Waals surface area contributed by atoms with Crippen molar-refractivity contribution in [3.05, 3.63) is 64.0 Å². The number of rotatable bonds is 5. The molecule has 0 N–H and O–H groups in total. The normalized spacial score (nSPS) is 11.3. The highest BCUT2D eigenvalue weighted by atomic mass is 32.2. The van der Waals surface area contributed by atoms with Gasteiger partial charge in [-0.05, 0) is 29.8 Å². The molecule has 0 bridgehead atoms. The highest BCUT2D eigenvalue weighted by Gasteiger charge is 2.27. The van der Waals surface area contributed by atoms with Gasteiger partial charge >= 0.3 is 5.69 Å². The molecule has 0 radical (unpaired) electrons. The average Bonchev–Trinajstić information content (AvgIpc) is 2.45. The van der Waals surface area contributed by atoms with Crippen molar-refractivity contribution < 1.29 is 17.7 Å². The second-order valence-corrected chi connectivity index (χ2v) is 7.12. The van der Waals surface area contributed by atoms with E-state index in [2.05, 4.69) is 0 Å². The van der Waals surface area contributed by atoms with Crippen LogP contribution in [-0.4, -0.2) is 26.6 Å². The molecule has 122 valence electrons. The van der Waals surface area contributed by atoms with E-state index in [9.17, 15) is 22.9 Å². The third kappa shape index (κ3) is 3.84. The number of sulfone groups is 1. The predicted molar refractivity (Wildman–Crippen MR) is 84.7 cm³/mol. The Morgan fingerprint density at radius 1 is 1.22 bits per heavy atom. The maximum Gasteiger partial charge on any atom is 0.311 e. The summed E-state index contributed by atoms with van der Waals surface area (Å²) < 4.78 is 36.8. The van der Waals surface area contributed by atoms with Crippen LogP contribution in [-0.2, 0) is 16.4 Å². The minimum absolute atomic E-state index is 0.155. The third-order valence-electron chi connectivity index (χ3n) is 3.28. The van der Waals surface area contributed by atoms with E-state index < -0.39 is 26.3 Å². The molecule has 0 amide bonds. The number of nitro groups is 1. The van der Waals surface area contributed by atoms with E-state index in [0.717, 1.165) is 6.26 Å². The molecule has 0 atom stereocenters. The number of hydrogen-bond donors (Lipinski definition) is 0. The van der Waals surface area contributed by atoms with Gasteiger partial charge in [0.15, 0.2) is 9.84 Å². The van der Waals surface area contributed by atoms with Crippen LogP contribution >= 0.6 is 0 Å². The Morgan fingerprint density at radius 2 is 1.87 bits per heavy atom. The fraction of sp³-hybridized carbons (Fsp3) is 0.200.